The van der Waals surface area contributed by atoms with E-state index in [1.165, 1.54) is 6.42 Å². The molecule has 0 radical (unpaired) electrons. The Labute approximate surface area is 181 Å². The molecule has 0 unspecified atom stereocenters. The van der Waals surface area contributed by atoms with Gasteiger partial charge in [0, 0.05) is 30.9 Å². The monoisotopic (exact) mass is 422 g/mol. The number of H-pyrrole nitrogens is 1. The number of fused-ring (bicyclic) bond motifs is 1. The van der Waals surface area contributed by atoms with E-state index in [-0.39, 0.29) is 17.6 Å². The molecule has 1 atom stereocenters. The summed E-state index contributed by atoms with van der Waals surface area (Å²) in [6.07, 6.45) is 6.54. The van der Waals surface area contributed by atoms with Gasteiger partial charge in [-0.2, -0.15) is 5.10 Å². The number of aryl methyl sites for hydroxylation is 1. The van der Waals surface area contributed by atoms with Crippen LogP contribution in [0, 0.1) is 6.92 Å². The van der Waals surface area contributed by atoms with E-state index >= 15 is 0 Å². The maximum Gasteiger partial charge on any atom is 0.293 e. The van der Waals surface area contributed by atoms with Crippen LogP contribution in [0.15, 0.2) is 23.0 Å². The van der Waals surface area contributed by atoms with Crippen molar-refractivity contribution in [2.75, 3.05) is 25.1 Å². The molecule has 3 heterocycles. The number of nitrogens with one attached hydrogen (secondary N) is 1. The predicted molar refractivity (Wildman–Crippen MR) is 122 cm³/mol. The van der Waals surface area contributed by atoms with Crippen LogP contribution in [0.25, 0.3) is 22.4 Å². The van der Waals surface area contributed by atoms with Gasteiger partial charge < -0.3 is 20.4 Å². The number of aromatic nitrogens is 4. The summed E-state index contributed by atoms with van der Waals surface area (Å²) in [5.74, 6) is 1.34. The third kappa shape index (κ3) is 3.59. The van der Waals surface area contributed by atoms with Crippen molar-refractivity contribution in [1.82, 2.24) is 19.7 Å². The van der Waals surface area contributed by atoms with Gasteiger partial charge in [0.05, 0.1) is 24.4 Å². The molecule has 0 amide bonds. The maximum atomic E-state index is 13.2. The molecular formula is C23H30N6O2. The van der Waals surface area contributed by atoms with Crippen LogP contribution in [-0.2, 0) is 0 Å². The fraction of sp³-hybridized carbons (Fsp3) is 0.522. The number of nitrogens with two attached hydrogens (primary N) is 1. The van der Waals surface area contributed by atoms with Gasteiger partial charge in [-0.05, 0) is 38.3 Å². The summed E-state index contributed by atoms with van der Waals surface area (Å²) in [7, 11) is 1.66. The zero-order valence-corrected chi connectivity index (χ0v) is 18.2. The zero-order valence-electron chi connectivity index (χ0n) is 18.2. The van der Waals surface area contributed by atoms with E-state index < -0.39 is 0 Å². The lowest BCUT2D eigenvalue weighted by molar-refractivity contribution is 0.318. The molecule has 1 saturated heterocycles. The molecule has 0 bridgehead atoms. The molecule has 1 aliphatic heterocycles. The lowest BCUT2D eigenvalue weighted by Crippen LogP contribution is -2.29. The molecule has 8 nitrogen and oxygen atoms in total. The third-order valence-corrected chi connectivity index (χ3v) is 6.68. The van der Waals surface area contributed by atoms with Crippen molar-refractivity contribution in [2.24, 2.45) is 5.73 Å². The first-order valence-corrected chi connectivity index (χ1v) is 11.2. The molecule has 2 aliphatic rings. The molecule has 164 valence electrons. The Morgan fingerprint density at radius 3 is 2.71 bits per heavy atom. The number of aromatic amines is 1. The number of hydrogen-bond donors (Lipinski definition) is 2. The van der Waals surface area contributed by atoms with Gasteiger partial charge in [0.25, 0.3) is 5.56 Å². The highest BCUT2D eigenvalue weighted by Crippen LogP contribution is 2.34. The van der Waals surface area contributed by atoms with E-state index in [0.29, 0.717) is 16.9 Å². The van der Waals surface area contributed by atoms with Crippen molar-refractivity contribution in [2.45, 2.75) is 57.5 Å². The van der Waals surface area contributed by atoms with E-state index in [1.54, 1.807) is 11.8 Å². The molecular weight excluding hydrogens is 392 g/mol. The topological polar surface area (TPSA) is 102 Å². The molecule has 0 spiro atoms. The summed E-state index contributed by atoms with van der Waals surface area (Å²) in [6, 6.07) is 6.47. The first-order valence-electron chi connectivity index (χ1n) is 11.2. The number of rotatable bonds is 4. The number of imidazole rings is 1. The Morgan fingerprint density at radius 1 is 1.19 bits per heavy atom. The van der Waals surface area contributed by atoms with E-state index in [2.05, 4.69) is 21.0 Å². The van der Waals surface area contributed by atoms with Crippen LogP contribution in [-0.4, -0.2) is 46.0 Å². The van der Waals surface area contributed by atoms with Gasteiger partial charge >= 0.3 is 0 Å². The van der Waals surface area contributed by atoms with Gasteiger partial charge in [0.2, 0.25) is 0 Å². The second-order valence-electron chi connectivity index (χ2n) is 8.82. The lowest BCUT2D eigenvalue weighted by Gasteiger charge is -2.22. The number of methoxy groups -OCH3 is 1. The van der Waals surface area contributed by atoms with Crippen LogP contribution in [0.4, 0.5) is 5.69 Å². The fourth-order valence-corrected chi connectivity index (χ4v) is 4.95. The van der Waals surface area contributed by atoms with Crippen LogP contribution in [0.3, 0.4) is 0 Å². The highest BCUT2D eigenvalue weighted by Gasteiger charge is 2.23. The van der Waals surface area contributed by atoms with Crippen LogP contribution in [0.2, 0.25) is 0 Å². The molecule has 1 aromatic carbocycles. The SMILES string of the molecule is COc1cc(N2CC[C@H](N)C2)ccc1-c1nc2c(C)nn(C3CCCCC3)c(=O)c2[nH]1. The van der Waals surface area contributed by atoms with Gasteiger partial charge in [-0.15, -0.1) is 0 Å². The standard InChI is InChI=1S/C23H30N6O2/c1-14-20-21(23(30)29(27-14)16-6-4-3-5-7-16)26-22(25-20)18-9-8-17(12-19(18)31-2)28-11-10-15(24)13-28/h8-9,12,15-16H,3-7,10-11,13,24H2,1-2H3,(H,25,26)/t15-/m0/s1. The zero-order chi connectivity index (χ0) is 21.5. The minimum atomic E-state index is -0.0899. The van der Waals surface area contributed by atoms with E-state index in [9.17, 15) is 4.79 Å². The summed E-state index contributed by atoms with van der Waals surface area (Å²) in [5, 5.41) is 4.62. The number of hydrogen-bond acceptors (Lipinski definition) is 6. The van der Waals surface area contributed by atoms with E-state index in [1.807, 2.05) is 19.1 Å². The highest BCUT2D eigenvalue weighted by molar-refractivity contribution is 5.82. The predicted octanol–water partition coefficient (Wildman–Crippen LogP) is 3.15. The van der Waals surface area contributed by atoms with Crippen molar-refractivity contribution in [3.63, 3.8) is 0 Å². The van der Waals surface area contributed by atoms with Crippen molar-refractivity contribution < 1.29 is 4.74 Å². The second kappa shape index (κ2) is 8.00. The summed E-state index contributed by atoms with van der Waals surface area (Å²) >= 11 is 0. The average Bonchev–Trinajstić information content (AvgIpc) is 3.44. The molecule has 5 rings (SSSR count). The number of ether oxygens (including phenoxy) is 1. The Balaban J connectivity index is 1.55. The molecule has 8 heteroatoms. The smallest absolute Gasteiger partial charge is 0.293 e. The van der Waals surface area contributed by atoms with Crippen molar-refractivity contribution >= 4 is 16.7 Å². The molecule has 2 aromatic heterocycles. The summed E-state index contributed by atoms with van der Waals surface area (Å²) < 4.78 is 7.36. The minimum Gasteiger partial charge on any atom is -0.496 e. The van der Waals surface area contributed by atoms with E-state index in [4.69, 9.17) is 15.5 Å². The summed E-state index contributed by atoms with van der Waals surface area (Å²) in [5.41, 5.74) is 9.80. The third-order valence-electron chi connectivity index (χ3n) is 6.68. The van der Waals surface area contributed by atoms with Crippen molar-refractivity contribution in [1.29, 1.82) is 0 Å². The lowest BCUT2D eigenvalue weighted by atomic mass is 9.95. The summed E-state index contributed by atoms with van der Waals surface area (Å²) in [4.78, 5) is 23.5. The molecule has 1 aliphatic carbocycles. The average molecular weight is 423 g/mol. The van der Waals surface area contributed by atoms with Crippen LogP contribution >= 0.6 is 0 Å². The van der Waals surface area contributed by atoms with Crippen molar-refractivity contribution in [3.8, 4) is 17.1 Å². The van der Waals surface area contributed by atoms with Gasteiger partial charge in [-0.3, -0.25) is 4.79 Å². The Hall–Kier alpha value is -2.87. The molecule has 2 fully saturated rings. The molecule has 3 aromatic rings. The number of benzene rings is 1. The normalized spacial score (nSPS) is 20.0. The number of nitrogens with zero attached hydrogens (tertiary/aromatic N) is 4. The Morgan fingerprint density at radius 2 is 2.00 bits per heavy atom. The Bertz CT molecular complexity index is 1160. The fourth-order valence-electron chi connectivity index (χ4n) is 4.95. The van der Waals surface area contributed by atoms with Crippen LogP contribution < -0.4 is 20.9 Å². The van der Waals surface area contributed by atoms with Gasteiger partial charge in [-0.1, -0.05) is 19.3 Å². The molecule has 31 heavy (non-hydrogen) atoms. The first kappa shape index (κ1) is 20.1. The number of anilines is 1. The Kier molecular flexibility index (Phi) is 5.17. The van der Waals surface area contributed by atoms with Gasteiger partial charge in [0.15, 0.2) is 0 Å². The molecule has 3 N–H and O–H groups in total. The highest BCUT2D eigenvalue weighted by atomic mass is 16.5. The largest absolute Gasteiger partial charge is 0.496 e. The van der Waals surface area contributed by atoms with Gasteiger partial charge in [-0.25, -0.2) is 9.67 Å². The van der Waals surface area contributed by atoms with Crippen LogP contribution in [0.1, 0.15) is 50.3 Å². The van der Waals surface area contributed by atoms with Gasteiger partial charge in [0.1, 0.15) is 22.6 Å². The quantitative estimate of drug-likeness (QED) is 0.670. The molecule has 1 saturated carbocycles. The minimum absolute atomic E-state index is 0.0899. The van der Waals surface area contributed by atoms with Crippen molar-refractivity contribution in [3.05, 3.63) is 34.2 Å². The summed E-state index contributed by atoms with van der Waals surface area (Å²) in [6.45, 7) is 3.71. The first-order chi connectivity index (χ1) is 15.0. The van der Waals surface area contributed by atoms with Crippen LogP contribution in [0.5, 0.6) is 5.75 Å². The maximum absolute atomic E-state index is 13.2. The van der Waals surface area contributed by atoms with E-state index in [0.717, 1.165) is 67.9 Å². The second-order valence-corrected chi connectivity index (χ2v) is 8.82.